The van der Waals surface area contributed by atoms with Gasteiger partial charge in [-0.25, -0.2) is 0 Å². The van der Waals surface area contributed by atoms with E-state index in [1.54, 1.807) is 0 Å². The van der Waals surface area contributed by atoms with Gasteiger partial charge in [-0.3, -0.25) is 4.79 Å². The lowest BCUT2D eigenvalue weighted by Gasteiger charge is -2.59. The van der Waals surface area contributed by atoms with Gasteiger partial charge >= 0.3 is 6.18 Å². The van der Waals surface area contributed by atoms with Crippen LogP contribution in [-0.2, 0) is 4.79 Å². The standard InChI is InChI=1S/C26H39F3O2/c1-4-25(31)15-14-24(3)18(16-25)8-10-19-20-11-9-17(23(20,2)13-12-21(19)24)6-5-7-22(30)26(27,28)29/h8,17,19-21,31H,4-7,9-16H2,1-3H3/t17-,19-,20-,21-,23+,24-,25-/m0/s1. The van der Waals surface area contributed by atoms with Crippen molar-refractivity contribution in [1.29, 1.82) is 0 Å². The summed E-state index contributed by atoms with van der Waals surface area (Å²) >= 11 is 0. The highest BCUT2D eigenvalue weighted by Crippen LogP contribution is 2.67. The van der Waals surface area contributed by atoms with Crippen LogP contribution < -0.4 is 0 Å². The number of halogens is 3. The Morgan fingerprint density at radius 3 is 2.55 bits per heavy atom. The number of rotatable bonds is 5. The first-order valence-corrected chi connectivity index (χ1v) is 12.4. The molecule has 0 aromatic heterocycles. The zero-order valence-corrected chi connectivity index (χ0v) is 19.4. The number of aliphatic hydroxyl groups is 1. The Morgan fingerprint density at radius 2 is 1.87 bits per heavy atom. The second kappa shape index (κ2) is 7.88. The van der Waals surface area contributed by atoms with E-state index in [0.717, 1.165) is 51.4 Å². The van der Waals surface area contributed by atoms with Crippen molar-refractivity contribution in [3.63, 3.8) is 0 Å². The normalized spacial score (nSPS) is 44.8. The predicted octanol–water partition coefficient (Wildman–Crippen LogP) is 7.01. The van der Waals surface area contributed by atoms with Crippen LogP contribution in [0.3, 0.4) is 0 Å². The fraction of sp³-hybridized carbons (Fsp3) is 0.885. The molecule has 5 heteroatoms. The lowest BCUT2D eigenvalue weighted by Crippen LogP contribution is -2.52. The summed E-state index contributed by atoms with van der Waals surface area (Å²) in [7, 11) is 0. The fourth-order valence-corrected chi connectivity index (χ4v) is 8.25. The minimum atomic E-state index is -4.69. The van der Waals surface area contributed by atoms with Crippen LogP contribution in [-0.4, -0.2) is 22.7 Å². The third kappa shape index (κ3) is 3.91. The minimum Gasteiger partial charge on any atom is -0.390 e. The zero-order valence-electron chi connectivity index (χ0n) is 19.4. The molecule has 4 aliphatic rings. The highest BCUT2D eigenvalue weighted by molar-refractivity contribution is 5.83. The van der Waals surface area contributed by atoms with Crippen molar-refractivity contribution in [2.45, 2.75) is 110 Å². The van der Waals surface area contributed by atoms with E-state index < -0.39 is 17.6 Å². The lowest BCUT2D eigenvalue weighted by atomic mass is 9.46. The second-order valence-corrected chi connectivity index (χ2v) is 11.6. The fourth-order valence-electron chi connectivity index (χ4n) is 8.25. The summed E-state index contributed by atoms with van der Waals surface area (Å²) in [4.78, 5) is 11.3. The molecule has 1 N–H and O–H groups in total. The van der Waals surface area contributed by atoms with Crippen LogP contribution in [0.25, 0.3) is 0 Å². The molecule has 4 rings (SSSR count). The van der Waals surface area contributed by atoms with Crippen LogP contribution in [0.1, 0.15) is 97.8 Å². The van der Waals surface area contributed by atoms with E-state index in [2.05, 4.69) is 26.8 Å². The molecular formula is C26H39F3O2. The zero-order chi connectivity index (χ0) is 22.7. The Kier molecular flexibility index (Phi) is 5.93. The van der Waals surface area contributed by atoms with E-state index in [1.807, 2.05) is 0 Å². The molecule has 0 aromatic carbocycles. The van der Waals surface area contributed by atoms with Gasteiger partial charge in [0.15, 0.2) is 0 Å². The molecule has 0 aliphatic heterocycles. The Hall–Kier alpha value is -0.840. The van der Waals surface area contributed by atoms with Gasteiger partial charge in [0, 0.05) is 6.42 Å². The van der Waals surface area contributed by atoms with Gasteiger partial charge in [0.25, 0.3) is 0 Å². The topological polar surface area (TPSA) is 37.3 Å². The SMILES string of the molecule is CC[C@]1(O)CC[C@@]2(C)C(=CC[C@H]3[C@@H]4CC[C@H](CCCC(=O)C(F)(F)F)[C@@]4(C)CC[C@@H]32)C1. The number of ketones is 1. The number of hydrogen-bond donors (Lipinski definition) is 1. The van der Waals surface area contributed by atoms with Crippen molar-refractivity contribution in [3.8, 4) is 0 Å². The molecule has 0 heterocycles. The molecule has 3 saturated carbocycles. The molecule has 0 bridgehead atoms. The maximum Gasteiger partial charge on any atom is 0.449 e. The number of hydrogen-bond acceptors (Lipinski definition) is 2. The molecule has 3 fully saturated rings. The first-order chi connectivity index (χ1) is 14.4. The molecule has 4 aliphatic carbocycles. The molecule has 0 unspecified atom stereocenters. The largest absolute Gasteiger partial charge is 0.449 e. The van der Waals surface area contributed by atoms with Gasteiger partial charge in [-0.1, -0.05) is 32.4 Å². The van der Waals surface area contributed by atoms with Gasteiger partial charge in [-0.05, 0) is 105 Å². The average molecular weight is 441 g/mol. The van der Waals surface area contributed by atoms with Crippen LogP contribution in [0, 0.1) is 34.5 Å². The van der Waals surface area contributed by atoms with Gasteiger partial charge in [-0.2, -0.15) is 13.2 Å². The Labute approximate surface area is 185 Å². The third-order valence-corrected chi connectivity index (χ3v) is 10.4. The minimum absolute atomic E-state index is 0.197. The Balaban J connectivity index is 1.45. The van der Waals surface area contributed by atoms with Crippen LogP contribution in [0.15, 0.2) is 11.6 Å². The summed E-state index contributed by atoms with van der Waals surface area (Å²) in [5.41, 5.74) is 1.34. The van der Waals surface area contributed by atoms with Crippen molar-refractivity contribution in [1.82, 2.24) is 0 Å². The maximum absolute atomic E-state index is 12.6. The number of carbonyl (C=O) groups is 1. The second-order valence-electron chi connectivity index (χ2n) is 11.6. The van der Waals surface area contributed by atoms with Crippen LogP contribution in [0.4, 0.5) is 13.2 Å². The molecule has 0 radical (unpaired) electrons. The molecular weight excluding hydrogens is 401 g/mol. The number of fused-ring (bicyclic) bond motifs is 5. The molecule has 0 aromatic rings. The Bertz CT molecular complexity index is 743. The number of Topliss-reactive ketones (excluding diaryl/α,β-unsaturated/α-hetero) is 1. The average Bonchev–Trinajstić information content (AvgIpc) is 3.04. The molecule has 31 heavy (non-hydrogen) atoms. The molecule has 176 valence electrons. The van der Waals surface area contributed by atoms with E-state index >= 15 is 0 Å². The molecule has 2 nitrogen and oxygen atoms in total. The highest BCUT2D eigenvalue weighted by Gasteiger charge is 2.59. The predicted molar refractivity (Wildman–Crippen MR) is 115 cm³/mol. The molecule has 0 amide bonds. The molecule has 0 spiro atoms. The van der Waals surface area contributed by atoms with Gasteiger partial charge in [0.1, 0.15) is 0 Å². The van der Waals surface area contributed by atoms with Gasteiger partial charge in [0.2, 0.25) is 5.78 Å². The van der Waals surface area contributed by atoms with Gasteiger partial charge in [0.05, 0.1) is 5.60 Å². The Morgan fingerprint density at radius 1 is 1.13 bits per heavy atom. The smallest absolute Gasteiger partial charge is 0.390 e. The first kappa shape index (κ1) is 23.3. The van der Waals surface area contributed by atoms with Gasteiger partial charge in [-0.15, -0.1) is 0 Å². The number of allylic oxidation sites excluding steroid dienone is 1. The van der Waals surface area contributed by atoms with Crippen molar-refractivity contribution < 1.29 is 23.1 Å². The van der Waals surface area contributed by atoms with Crippen molar-refractivity contribution >= 4 is 5.78 Å². The van der Waals surface area contributed by atoms with E-state index in [9.17, 15) is 23.1 Å². The van der Waals surface area contributed by atoms with Crippen LogP contribution >= 0.6 is 0 Å². The van der Waals surface area contributed by atoms with E-state index in [0.29, 0.717) is 30.1 Å². The van der Waals surface area contributed by atoms with E-state index in [4.69, 9.17) is 0 Å². The van der Waals surface area contributed by atoms with Crippen LogP contribution in [0.2, 0.25) is 0 Å². The summed E-state index contributed by atoms with van der Waals surface area (Å²) < 4.78 is 37.7. The highest BCUT2D eigenvalue weighted by atomic mass is 19.4. The monoisotopic (exact) mass is 440 g/mol. The maximum atomic E-state index is 12.6. The van der Waals surface area contributed by atoms with Crippen molar-refractivity contribution in [2.75, 3.05) is 0 Å². The van der Waals surface area contributed by atoms with Crippen LogP contribution in [0.5, 0.6) is 0 Å². The lowest BCUT2D eigenvalue weighted by molar-refractivity contribution is -0.171. The summed E-state index contributed by atoms with van der Waals surface area (Å²) in [6.45, 7) is 6.90. The molecule has 0 saturated heterocycles. The summed E-state index contributed by atoms with van der Waals surface area (Å²) in [5.74, 6) is 0.822. The van der Waals surface area contributed by atoms with E-state index in [1.165, 1.54) is 18.4 Å². The quantitative estimate of drug-likeness (QED) is 0.467. The summed E-state index contributed by atoms with van der Waals surface area (Å²) in [6, 6.07) is 0. The van der Waals surface area contributed by atoms with E-state index in [-0.39, 0.29) is 17.3 Å². The first-order valence-electron chi connectivity index (χ1n) is 12.4. The van der Waals surface area contributed by atoms with Crippen molar-refractivity contribution in [2.24, 2.45) is 34.5 Å². The van der Waals surface area contributed by atoms with Gasteiger partial charge < -0.3 is 5.11 Å². The molecule has 7 atom stereocenters. The van der Waals surface area contributed by atoms with Crippen molar-refractivity contribution in [3.05, 3.63) is 11.6 Å². The third-order valence-electron chi connectivity index (χ3n) is 10.4. The number of alkyl halides is 3. The number of carbonyl (C=O) groups excluding carboxylic acids is 1. The summed E-state index contributed by atoms with van der Waals surface area (Å²) in [6.07, 6.45) is 7.78. The summed E-state index contributed by atoms with van der Waals surface area (Å²) in [5, 5.41) is 10.9.